The van der Waals surface area contributed by atoms with Gasteiger partial charge in [0.1, 0.15) is 11.9 Å². The molecule has 0 radical (unpaired) electrons. The molecule has 7 nitrogen and oxygen atoms in total. The molecule has 1 fully saturated rings. The smallest absolute Gasteiger partial charge is 0.257 e. The quantitative estimate of drug-likeness (QED) is 0.800. The molecule has 2 aromatic rings. The molecule has 0 spiro atoms. The van der Waals surface area contributed by atoms with Crippen molar-refractivity contribution in [2.75, 3.05) is 26.8 Å². The van der Waals surface area contributed by atoms with Gasteiger partial charge in [0.05, 0.1) is 25.8 Å². The molecule has 1 unspecified atom stereocenters. The van der Waals surface area contributed by atoms with Gasteiger partial charge in [-0.15, -0.1) is 10.2 Å². The van der Waals surface area contributed by atoms with Gasteiger partial charge in [0, 0.05) is 25.1 Å². The zero-order valence-corrected chi connectivity index (χ0v) is 14.3. The van der Waals surface area contributed by atoms with Crippen molar-refractivity contribution < 1.29 is 19.0 Å². The van der Waals surface area contributed by atoms with E-state index < -0.39 is 0 Å². The largest absolute Gasteiger partial charge is 0.493 e. The molecular formula is C18H21N3O4. The maximum absolute atomic E-state index is 12.8. The van der Waals surface area contributed by atoms with E-state index in [0.717, 1.165) is 6.42 Å². The summed E-state index contributed by atoms with van der Waals surface area (Å²) in [4.78, 5) is 14.5. The maximum atomic E-state index is 12.8. The van der Waals surface area contributed by atoms with Crippen LogP contribution >= 0.6 is 0 Å². The van der Waals surface area contributed by atoms with Gasteiger partial charge in [0.25, 0.3) is 5.91 Å². The number of amides is 1. The first kappa shape index (κ1) is 17.0. The molecule has 1 aromatic heterocycles. The van der Waals surface area contributed by atoms with Crippen molar-refractivity contribution in [3.63, 3.8) is 0 Å². The van der Waals surface area contributed by atoms with Gasteiger partial charge >= 0.3 is 0 Å². The molecule has 1 saturated heterocycles. The summed E-state index contributed by atoms with van der Waals surface area (Å²) in [6.45, 7) is 3.56. The van der Waals surface area contributed by atoms with E-state index in [9.17, 15) is 4.79 Å². The molecule has 0 N–H and O–H groups in total. The number of methoxy groups -OCH3 is 1. The summed E-state index contributed by atoms with van der Waals surface area (Å²) in [5, 5.41) is 7.84. The number of likely N-dealkylation sites (tertiary alicyclic amines) is 1. The van der Waals surface area contributed by atoms with Crippen LogP contribution in [0.1, 0.15) is 23.7 Å². The topological polar surface area (TPSA) is 73.8 Å². The van der Waals surface area contributed by atoms with E-state index in [1.165, 1.54) is 7.11 Å². The van der Waals surface area contributed by atoms with Crippen molar-refractivity contribution in [1.82, 2.24) is 15.1 Å². The Hall–Kier alpha value is -2.83. The number of para-hydroxylation sites is 1. The molecular weight excluding hydrogens is 322 g/mol. The highest BCUT2D eigenvalue weighted by molar-refractivity contribution is 5.97. The standard InChI is InChI=1S/C18H21N3O4/c1-3-24-15-7-5-4-6-14(15)18(22)21-11-10-13(12-21)25-17-9-8-16(23-2)19-20-17/h4-9,13H,3,10-12H2,1-2H3. The zero-order valence-electron chi connectivity index (χ0n) is 14.3. The monoisotopic (exact) mass is 343 g/mol. The number of nitrogens with zero attached hydrogens (tertiary/aromatic N) is 3. The van der Waals surface area contributed by atoms with E-state index in [1.807, 2.05) is 25.1 Å². The second kappa shape index (κ2) is 7.83. The Morgan fingerprint density at radius 2 is 1.96 bits per heavy atom. The summed E-state index contributed by atoms with van der Waals surface area (Å²) in [6, 6.07) is 10.7. The van der Waals surface area contributed by atoms with E-state index in [-0.39, 0.29) is 12.0 Å². The summed E-state index contributed by atoms with van der Waals surface area (Å²) in [6.07, 6.45) is 0.641. The van der Waals surface area contributed by atoms with Crippen LogP contribution in [0.25, 0.3) is 0 Å². The van der Waals surface area contributed by atoms with E-state index >= 15 is 0 Å². The van der Waals surface area contributed by atoms with Crippen LogP contribution in [-0.4, -0.2) is 53.9 Å². The predicted octanol–water partition coefficient (Wildman–Crippen LogP) is 2.18. The number of benzene rings is 1. The summed E-state index contributed by atoms with van der Waals surface area (Å²) in [5.41, 5.74) is 0.578. The Morgan fingerprint density at radius 1 is 1.20 bits per heavy atom. The van der Waals surface area contributed by atoms with Gasteiger partial charge in [0.15, 0.2) is 0 Å². The molecule has 1 aliphatic rings. The minimum Gasteiger partial charge on any atom is -0.493 e. The molecule has 25 heavy (non-hydrogen) atoms. The second-order valence-electron chi connectivity index (χ2n) is 5.62. The number of hydrogen-bond acceptors (Lipinski definition) is 6. The van der Waals surface area contributed by atoms with Crippen molar-refractivity contribution in [2.24, 2.45) is 0 Å². The first-order valence-electron chi connectivity index (χ1n) is 8.26. The lowest BCUT2D eigenvalue weighted by Crippen LogP contribution is -2.31. The molecule has 1 atom stereocenters. The molecule has 1 amide bonds. The van der Waals surface area contributed by atoms with Crippen molar-refractivity contribution in [2.45, 2.75) is 19.4 Å². The number of aromatic nitrogens is 2. The highest BCUT2D eigenvalue weighted by Crippen LogP contribution is 2.23. The third-order valence-electron chi connectivity index (χ3n) is 3.96. The van der Waals surface area contributed by atoms with Gasteiger partial charge in [-0.25, -0.2) is 0 Å². The molecule has 0 bridgehead atoms. The number of hydrogen-bond donors (Lipinski definition) is 0. The van der Waals surface area contributed by atoms with E-state index in [0.29, 0.717) is 42.8 Å². The fourth-order valence-corrected chi connectivity index (χ4v) is 2.75. The van der Waals surface area contributed by atoms with Crippen LogP contribution in [0.2, 0.25) is 0 Å². The lowest BCUT2D eigenvalue weighted by Gasteiger charge is -2.18. The van der Waals surface area contributed by atoms with Crippen LogP contribution < -0.4 is 14.2 Å². The minimum absolute atomic E-state index is 0.0454. The van der Waals surface area contributed by atoms with E-state index in [1.54, 1.807) is 23.1 Å². The molecule has 0 aliphatic carbocycles. The van der Waals surface area contributed by atoms with Gasteiger partial charge in [-0.3, -0.25) is 4.79 Å². The van der Waals surface area contributed by atoms with Crippen LogP contribution in [0.5, 0.6) is 17.5 Å². The third kappa shape index (κ3) is 3.99. The fraction of sp³-hybridized carbons (Fsp3) is 0.389. The zero-order chi connectivity index (χ0) is 17.6. The number of ether oxygens (including phenoxy) is 3. The van der Waals surface area contributed by atoms with Crippen molar-refractivity contribution in [3.05, 3.63) is 42.0 Å². The summed E-state index contributed by atoms with van der Waals surface area (Å²) >= 11 is 0. The third-order valence-corrected chi connectivity index (χ3v) is 3.96. The number of carbonyl (C=O) groups is 1. The normalized spacial score (nSPS) is 16.6. The van der Waals surface area contributed by atoms with Gasteiger partial charge in [-0.05, 0) is 19.1 Å². The Labute approximate surface area is 146 Å². The SMILES string of the molecule is CCOc1ccccc1C(=O)N1CCC(Oc2ccc(OC)nn2)C1. The molecule has 7 heteroatoms. The Morgan fingerprint density at radius 3 is 2.68 bits per heavy atom. The van der Waals surface area contributed by atoms with Crippen LogP contribution in [0.4, 0.5) is 0 Å². The average molecular weight is 343 g/mol. The van der Waals surface area contributed by atoms with Gasteiger partial charge in [-0.2, -0.15) is 0 Å². The van der Waals surface area contributed by atoms with Gasteiger partial charge < -0.3 is 19.1 Å². The van der Waals surface area contributed by atoms with Crippen LogP contribution in [0.15, 0.2) is 36.4 Å². The number of rotatable bonds is 6. The maximum Gasteiger partial charge on any atom is 0.257 e. The molecule has 0 saturated carbocycles. The Bertz CT molecular complexity index is 721. The Balaban J connectivity index is 1.63. The average Bonchev–Trinajstić information content (AvgIpc) is 3.11. The van der Waals surface area contributed by atoms with Crippen LogP contribution in [0.3, 0.4) is 0 Å². The molecule has 132 valence electrons. The molecule has 1 aliphatic heterocycles. The summed E-state index contributed by atoms with van der Waals surface area (Å²) in [7, 11) is 1.53. The van der Waals surface area contributed by atoms with Crippen LogP contribution in [0, 0.1) is 0 Å². The van der Waals surface area contributed by atoms with E-state index in [2.05, 4.69) is 10.2 Å². The Kier molecular flexibility index (Phi) is 5.33. The molecule has 3 rings (SSSR count). The fourth-order valence-electron chi connectivity index (χ4n) is 2.75. The minimum atomic E-state index is -0.106. The predicted molar refractivity (Wildman–Crippen MR) is 91.1 cm³/mol. The van der Waals surface area contributed by atoms with Crippen molar-refractivity contribution in [3.8, 4) is 17.5 Å². The van der Waals surface area contributed by atoms with Gasteiger partial charge in [-0.1, -0.05) is 12.1 Å². The highest BCUT2D eigenvalue weighted by Gasteiger charge is 2.29. The molecule has 1 aromatic carbocycles. The first-order valence-corrected chi connectivity index (χ1v) is 8.26. The lowest BCUT2D eigenvalue weighted by molar-refractivity contribution is 0.0766. The number of carbonyl (C=O) groups excluding carboxylic acids is 1. The molecule has 2 heterocycles. The summed E-state index contributed by atoms with van der Waals surface area (Å²) in [5.74, 6) is 1.43. The first-order chi connectivity index (χ1) is 12.2. The second-order valence-corrected chi connectivity index (χ2v) is 5.62. The van der Waals surface area contributed by atoms with Crippen LogP contribution in [-0.2, 0) is 0 Å². The summed E-state index contributed by atoms with van der Waals surface area (Å²) < 4.78 is 16.3. The van der Waals surface area contributed by atoms with Gasteiger partial charge in [0.2, 0.25) is 11.8 Å². The van der Waals surface area contributed by atoms with Crippen molar-refractivity contribution >= 4 is 5.91 Å². The highest BCUT2D eigenvalue weighted by atomic mass is 16.5. The lowest BCUT2D eigenvalue weighted by atomic mass is 10.2. The van der Waals surface area contributed by atoms with E-state index in [4.69, 9.17) is 14.2 Å². The van der Waals surface area contributed by atoms with Crippen molar-refractivity contribution in [1.29, 1.82) is 0 Å².